The molecule has 546 valence electrons. The molecule has 1 aliphatic heterocycles. The van der Waals surface area contributed by atoms with E-state index in [9.17, 15) is 63.6 Å². The van der Waals surface area contributed by atoms with E-state index in [4.69, 9.17) is 5.73 Å². The number of fused-ring (bicyclic) bond motifs is 1. The smallest absolute Gasteiger partial charge is 0.305 e. The molecule has 15 N–H and O–H groups in total. The van der Waals surface area contributed by atoms with Crippen LogP contribution in [0, 0.1) is 11.8 Å². The number of nitrogens with two attached hydrogens (primary N) is 1. The second kappa shape index (κ2) is 39.8. The van der Waals surface area contributed by atoms with E-state index in [1.807, 2.05) is 6.92 Å². The van der Waals surface area contributed by atoms with Crippen molar-refractivity contribution < 1.29 is 82.8 Å². The van der Waals surface area contributed by atoms with E-state index in [-0.39, 0.29) is 56.1 Å². The lowest BCUT2D eigenvalue weighted by Crippen LogP contribution is -2.63. The Hall–Kier alpha value is -9.90. The molecule has 1 fully saturated rings. The second-order valence-electron chi connectivity index (χ2n) is 25.8. The van der Waals surface area contributed by atoms with Gasteiger partial charge in [-0.05, 0) is 71.0 Å². The number of benzene rings is 4. The van der Waals surface area contributed by atoms with E-state index in [2.05, 4.69) is 60.5 Å². The van der Waals surface area contributed by atoms with Crippen molar-refractivity contribution in [3.8, 4) is 5.75 Å². The average Bonchev–Trinajstić information content (AvgIpc) is 0.795. The van der Waals surface area contributed by atoms with Gasteiger partial charge in [0.1, 0.15) is 66.2 Å². The van der Waals surface area contributed by atoms with Crippen molar-refractivity contribution in [1.29, 1.82) is 0 Å². The Balaban J connectivity index is 1.28. The summed E-state index contributed by atoms with van der Waals surface area (Å²) in [6, 6.07) is 15.2. The summed E-state index contributed by atoms with van der Waals surface area (Å²) in [6.45, 7) is 5.31. The number of primary amides is 1. The number of phenolic OH excluding ortho intramolecular Hbond substituents is 1. The molecule has 0 bridgehead atoms. The van der Waals surface area contributed by atoms with Crippen LogP contribution in [-0.4, -0.2) is 175 Å². The summed E-state index contributed by atoms with van der Waals surface area (Å²) < 4.78 is 0. The molecule has 28 nitrogen and oxygen atoms in total. The predicted octanol–water partition coefficient (Wildman–Crippen LogP) is 2.06. The predicted molar refractivity (Wildman–Crippen MR) is 373 cm³/mol. The molecule has 0 saturated heterocycles. The number of aromatic hydroxyl groups is 1. The van der Waals surface area contributed by atoms with Crippen molar-refractivity contribution in [2.75, 3.05) is 12.4 Å². The molecule has 1 aliphatic carbocycles. The number of aliphatic carboxylic acids is 2. The third-order valence-corrected chi connectivity index (χ3v) is 18.6. The van der Waals surface area contributed by atoms with Crippen LogP contribution in [0.4, 0.5) is 0 Å². The Morgan fingerprint density at radius 3 is 1.64 bits per heavy atom. The maximum atomic E-state index is 15.5. The summed E-state index contributed by atoms with van der Waals surface area (Å²) in [5.41, 5.74) is 8.55. The Morgan fingerprint density at radius 1 is 0.564 bits per heavy atom. The average molecular weight is 1420 g/mol. The van der Waals surface area contributed by atoms with Gasteiger partial charge < -0.3 is 78.9 Å². The second-order valence-corrected chi connectivity index (χ2v) is 26.1. The standard InChI is InChI=1S/C72H95N11O17S/c1-5-7-27-50(64(92)79-55(39-84)68(96)77-52(63(73)91)34-44-28-30-49(86)31-29-44)76-69(97)57-36-47-25-17-18-26-48(47)38-83(57)72(100)56(40-101)80-66(94)53(35-43-19-11-8-12-20-43)78-70(98)61(41(3)6-2)81-71(99)62(60(45-21-13-9-14-22-45)46-23-15-10-16-24-46)82-65(93)51(32-33-58(87)88)75-67(95)54(37-59(89)90)74-42(4)85/h9-10,13-18,21-26,28-31,41,43,50-57,60-62,84,86,101H,5-8,11-12,19-20,27,32-40H2,1-4H3,(H2,73,91)(H,74,85)(H,75,95)(H,76,97)(H,77,96)(H,78,98)(H,79,92)(H,80,94)(H,81,99)(H,82,93)(H,87,88)(H,89,90)/t41?,50-,51-,52-,53-,54-,55-,56-,57+,61-,62-/m0/s1. The van der Waals surface area contributed by atoms with Crippen LogP contribution in [0.5, 0.6) is 5.75 Å². The van der Waals surface area contributed by atoms with Gasteiger partial charge in [0.2, 0.25) is 65.0 Å². The van der Waals surface area contributed by atoms with Crippen LogP contribution in [-0.2, 0) is 81.7 Å². The van der Waals surface area contributed by atoms with Gasteiger partial charge in [-0.2, -0.15) is 12.6 Å². The van der Waals surface area contributed by atoms with Crippen LogP contribution in [0.25, 0.3) is 0 Å². The molecule has 11 atom stereocenters. The van der Waals surface area contributed by atoms with Crippen molar-refractivity contribution in [3.05, 3.63) is 137 Å². The molecule has 11 amide bonds. The molecule has 29 heteroatoms. The number of nitrogens with one attached hydrogen (secondary N) is 9. The zero-order valence-electron chi connectivity index (χ0n) is 57.2. The lowest BCUT2D eigenvalue weighted by molar-refractivity contribution is -0.145. The maximum absolute atomic E-state index is 15.5. The molecule has 4 aromatic rings. The van der Waals surface area contributed by atoms with Gasteiger partial charge >= 0.3 is 11.9 Å². The molecule has 4 aromatic carbocycles. The molecule has 0 aromatic heterocycles. The van der Waals surface area contributed by atoms with E-state index >= 15 is 19.2 Å². The van der Waals surface area contributed by atoms with Gasteiger partial charge in [-0.25, -0.2) is 0 Å². The number of hydrogen-bond acceptors (Lipinski definition) is 16. The molecule has 101 heavy (non-hydrogen) atoms. The van der Waals surface area contributed by atoms with Crippen LogP contribution in [0.15, 0.2) is 109 Å². The van der Waals surface area contributed by atoms with Crippen LogP contribution in [0.2, 0.25) is 0 Å². The topological polar surface area (TPSA) is 440 Å². The molecule has 1 unspecified atom stereocenters. The first-order chi connectivity index (χ1) is 48.2. The first kappa shape index (κ1) is 80.1. The molecule has 6 rings (SSSR count). The SMILES string of the molecule is CCCC[C@H](NC(=O)[C@H]1Cc2ccccc2CN1C(=O)[C@H](CS)NC(=O)[C@H](CC1CCCCC1)NC(=O)[C@@H](NC(=O)[C@@H](NC(=O)[C@H](CCC(=O)O)NC(=O)[C@H](CC(=O)O)NC(C)=O)C(c1ccccc1)c1ccccc1)C(C)CC)C(=O)N[C@@H](CO)C(=O)N[C@@H](Cc1ccc(O)cc1)C(N)=O. The zero-order chi connectivity index (χ0) is 73.9. The number of carboxylic acid groups (broad SMARTS) is 2. The van der Waals surface area contributed by atoms with Gasteiger partial charge in [0, 0.05) is 44.4 Å². The number of rotatable bonds is 38. The number of carbonyl (C=O) groups excluding carboxylic acids is 11. The van der Waals surface area contributed by atoms with Crippen LogP contribution in [0.3, 0.4) is 0 Å². The highest BCUT2D eigenvalue weighted by atomic mass is 32.1. The minimum Gasteiger partial charge on any atom is -0.508 e. The fraction of sp³-hybridized carbons (Fsp3) is 0.486. The van der Waals surface area contributed by atoms with Gasteiger partial charge in [0.15, 0.2) is 0 Å². The highest BCUT2D eigenvalue weighted by Gasteiger charge is 2.43. The summed E-state index contributed by atoms with van der Waals surface area (Å²) in [5, 5.41) is 63.1. The van der Waals surface area contributed by atoms with Gasteiger partial charge in [-0.15, -0.1) is 0 Å². The van der Waals surface area contributed by atoms with Gasteiger partial charge in [-0.1, -0.05) is 169 Å². The number of phenols is 1. The number of carboxylic acids is 2. The first-order valence-electron chi connectivity index (χ1n) is 34.2. The number of carbonyl (C=O) groups is 13. The fourth-order valence-electron chi connectivity index (χ4n) is 12.5. The number of aliphatic hydroxyl groups excluding tert-OH is 1. The number of nitrogens with zero attached hydrogens (tertiary/aromatic N) is 1. The monoisotopic (exact) mass is 1420 g/mol. The Labute approximate surface area is 592 Å². The zero-order valence-corrected chi connectivity index (χ0v) is 58.1. The molecular formula is C72H95N11O17S. The van der Waals surface area contributed by atoms with E-state index in [0.717, 1.165) is 26.2 Å². The minimum atomic E-state index is -1.73. The molecule has 1 heterocycles. The summed E-state index contributed by atoms with van der Waals surface area (Å²) in [4.78, 5) is 182. The Morgan fingerprint density at radius 2 is 1.08 bits per heavy atom. The summed E-state index contributed by atoms with van der Waals surface area (Å²) in [7, 11) is 0. The quantitative estimate of drug-likeness (QED) is 0.0286. The van der Waals surface area contributed by atoms with Gasteiger partial charge in [-0.3, -0.25) is 62.3 Å². The van der Waals surface area contributed by atoms with E-state index in [1.165, 1.54) is 29.2 Å². The molecule has 1 saturated carbocycles. The van der Waals surface area contributed by atoms with E-state index in [1.54, 1.807) is 98.8 Å². The van der Waals surface area contributed by atoms with Crippen molar-refractivity contribution in [2.45, 2.75) is 197 Å². The third-order valence-electron chi connectivity index (χ3n) is 18.3. The first-order valence-corrected chi connectivity index (χ1v) is 34.8. The fourth-order valence-corrected chi connectivity index (χ4v) is 12.8. The third kappa shape index (κ3) is 24.2. The van der Waals surface area contributed by atoms with Crippen LogP contribution < -0.4 is 53.6 Å². The van der Waals surface area contributed by atoms with Crippen molar-refractivity contribution >= 4 is 89.5 Å². The lowest BCUT2D eigenvalue weighted by Gasteiger charge is -2.38. The largest absolute Gasteiger partial charge is 0.508 e. The number of hydrogen-bond donors (Lipinski definition) is 15. The minimum absolute atomic E-state index is 0.0314. The van der Waals surface area contributed by atoms with E-state index in [0.29, 0.717) is 53.5 Å². The maximum Gasteiger partial charge on any atom is 0.305 e. The highest BCUT2D eigenvalue weighted by Crippen LogP contribution is 2.31. The van der Waals surface area contributed by atoms with Gasteiger partial charge in [0.05, 0.1) is 13.0 Å². The number of unbranched alkanes of at least 4 members (excludes halogenated alkanes) is 1. The van der Waals surface area contributed by atoms with Crippen LogP contribution >= 0.6 is 12.6 Å². The summed E-state index contributed by atoms with van der Waals surface area (Å²) >= 11 is 4.55. The number of thiol groups is 1. The van der Waals surface area contributed by atoms with Gasteiger partial charge in [0.25, 0.3) is 0 Å². The highest BCUT2D eigenvalue weighted by molar-refractivity contribution is 7.80. The normalized spacial score (nSPS) is 16.6. The molecule has 2 aliphatic rings. The molecule has 0 spiro atoms. The van der Waals surface area contributed by atoms with E-state index < -0.39 is 175 Å². The number of amides is 11. The Bertz CT molecular complexity index is 3470. The lowest BCUT2D eigenvalue weighted by atomic mass is 9.83. The van der Waals surface area contributed by atoms with Crippen molar-refractivity contribution in [3.63, 3.8) is 0 Å². The molecule has 0 radical (unpaired) electrons. The Kier molecular flexibility index (Phi) is 31.5. The number of aliphatic hydroxyl groups is 1. The summed E-state index contributed by atoms with van der Waals surface area (Å²) in [6.07, 6.45) is 3.17. The molecular weight excluding hydrogens is 1320 g/mol. The van der Waals surface area contributed by atoms with Crippen molar-refractivity contribution in [1.82, 2.24) is 52.8 Å². The van der Waals surface area contributed by atoms with Crippen molar-refractivity contribution in [2.24, 2.45) is 17.6 Å². The summed E-state index contributed by atoms with van der Waals surface area (Å²) in [5.74, 6) is -14.7. The van der Waals surface area contributed by atoms with Crippen LogP contribution in [0.1, 0.15) is 145 Å².